The topological polar surface area (TPSA) is 98.1 Å². The highest BCUT2D eigenvalue weighted by Gasteiger charge is 2.24. The molecule has 5 rings (SSSR count). The Labute approximate surface area is 210 Å². The van der Waals surface area contributed by atoms with E-state index in [1.807, 2.05) is 5.01 Å². The lowest BCUT2D eigenvalue weighted by atomic mass is 10.0. The third kappa shape index (κ3) is 4.71. The third-order valence-electron chi connectivity index (χ3n) is 6.22. The summed E-state index contributed by atoms with van der Waals surface area (Å²) >= 11 is 0. The Hall–Kier alpha value is -4.06. The Balaban J connectivity index is 1.69. The van der Waals surface area contributed by atoms with Crippen molar-refractivity contribution in [2.75, 3.05) is 36.6 Å². The van der Waals surface area contributed by atoms with Gasteiger partial charge < -0.3 is 15.1 Å². The van der Waals surface area contributed by atoms with Crippen molar-refractivity contribution < 1.29 is 17.9 Å². The van der Waals surface area contributed by atoms with Crippen LogP contribution in [0.5, 0.6) is 0 Å². The van der Waals surface area contributed by atoms with Gasteiger partial charge in [-0.05, 0) is 13.8 Å². The number of nitrogens with one attached hydrogen (secondary N) is 1. The molecule has 1 aliphatic heterocycles. The van der Waals surface area contributed by atoms with Crippen LogP contribution in [0.2, 0.25) is 0 Å². The summed E-state index contributed by atoms with van der Waals surface area (Å²) in [5.41, 5.74) is 0.234. The molecular formula is C25H24F3N7O2. The highest BCUT2D eigenvalue weighted by molar-refractivity contribution is 5.98. The normalized spacial score (nSPS) is 14.8. The molecule has 0 unspecified atom stereocenters. The van der Waals surface area contributed by atoms with Crippen LogP contribution in [0, 0.1) is 12.7 Å². The van der Waals surface area contributed by atoms with E-state index in [2.05, 4.69) is 25.3 Å². The SMILES string of the molecule is Cc1nc(N[C@H](C)c2cccc(C(F)F)c2F)c2cn(N3CCOCC3)c(=O)c(-c3cncnc3)c2n1. The fraction of sp³-hybridized carbons (Fsp3) is 0.320. The second kappa shape index (κ2) is 10.1. The van der Waals surface area contributed by atoms with E-state index in [0.717, 1.165) is 6.07 Å². The molecule has 1 fully saturated rings. The number of hydrogen-bond donors (Lipinski definition) is 1. The van der Waals surface area contributed by atoms with Crippen molar-refractivity contribution in [2.24, 2.45) is 0 Å². The van der Waals surface area contributed by atoms with E-state index in [1.54, 1.807) is 20.0 Å². The van der Waals surface area contributed by atoms with Crippen molar-refractivity contribution in [1.82, 2.24) is 24.6 Å². The summed E-state index contributed by atoms with van der Waals surface area (Å²) in [6.45, 7) is 5.23. The molecule has 0 radical (unpaired) electrons. The van der Waals surface area contributed by atoms with E-state index in [1.165, 1.54) is 35.5 Å². The minimum atomic E-state index is -2.94. The molecule has 1 atom stereocenters. The van der Waals surface area contributed by atoms with E-state index < -0.39 is 23.8 Å². The first-order valence-corrected chi connectivity index (χ1v) is 11.7. The van der Waals surface area contributed by atoms with Crippen LogP contribution >= 0.6 is 0 Å². The number of alkyl halides is 2. The molecule has 1 aliphatic rings. The molecule has 4 aromatic rings. The lowest BCUT2D eigenvalue weighted by molar-refractivity contribution is 0.111. The lowest BCUT2D eigenvalue weighted by Crippen LogP contribution is -2.49. The molecule has 3 aromatic heterocycles. The Kier molecular flexibility index (Phi) is 6.74. The predicted molar refractivity (Wildman–Crippen MR) is 132 cm³/mol. The van der Waals surface area contributed by atoms with Crippen molar-refractivity contribution >= 4 is 16.7 Å². The Morgan fingerprint density at radius 1 is 1.08 bits per heavy atom. The summed E-state index contributed by atoms with van der Waals surface area (Å²) in [5.74, 6) is -0.275. The first kappa shape index (κ1) is 24.6. The molecule has 1 N–H and O–H groups in total. The number of ether oxygens (including phenoxy) is 1. The number of halogens is 3. The van der Waals surface area contributed by atoms with E-state index in [9.17, 15) is 18.0 Å². The number of anilines is 1. The highest BCUT2D eigenvalue weighted by atomic mass is 19.3. The van der Waals surface area contributed by atoms with Gasteiger partial charge in [0.15, 0.2) is 0 Å². The molecule has 192 valence electrons. The number of nitrogens with zero attached hydrogens (tertiary/aromatic N) is 6. The molecule has 0 bridgehead atoms. The zero-order valence-corrected chi connectivity index (χ0v) is 20.2. The van der Waals surface area contributed by atoms with Crippen LogP contribution in [-0.4, -0.2) is 50.9 Å². The van der Waals surface area contributed by atoms with Gasteiger partial charge in [0.1, 0.15) is 23.8 Å². The fourth-order valence-electron chi connectivity index (χ4n) is 4.42. The molecule has 37 heavy (non-hydrogen) atoms. The second-order valence-corrected chi connectivity index (χ2v) is 8.65. The van der Waals surface area contributed by atoms with Crippen LogP contribution in [0.4, 0.5) is 19.0 Å². The van der Waals surface area contributed by atoms with Crippen molar-refractivity contribution in [1.29, 1.82) is 0 Å². The lowest BCUT2D eigenvalue weighted by Gasteiger charge is -2.31. The molecule has 1 saturated heterocycles. The van der Waals surface area contributed by atoms with Crippen LogP contribution in [0.25, 0.3) is 22.0 Å². The van der Waals surface area contributed by atoms with Crippen LogP contribution in [0.3, 0.4) is 0 Å². The van der Waals surface area contributed by atoms with Crippen molar-refractivity contribution in [2.45, 2.75) is 26.3 Å². The van der Waals surface area contributed by atoms with E-state index in [0.29, 0.717) is 54.4 Å². The zero-order chi connectivity index (χ0) is 26.1. The first-order chi connectivity index (χ1) is 17.8. The number of aromatic nitrogens is 5. The first-order valence-electron chi connectivity index (χ1n) is 11.7. The van der Waals surface area contributed by atoms with Crippen LogP contribution in [0.1, 0.15) is 36.3 Å². The summed E-state index contributed by atoms with van der Waals surface area (Å²) in [4.78, 5) is 30.9. The minimum absolute atomic E-state index is 0.0698. The molecule has 4 heterocycles. The Bertz CT molecular complexity index is 1490. The summed E-state index contributed by atoms with van der Waals surface area (Å²) < 4.78 is 48.4. The summed E-state index contributed by atoms with van der Waals surface area (Å²) in [7, 11) is 0. The molecular weight excluding hydrogens is 487 g/mol. The molecule has 12 heteroatoms. The van der Waals surface area contributed by atoms with Crippen molar-refractivity contribution in [3.05, 3.63) is 76.2 Å². The maximum Gasteiger partial charge on any atom is 0.279 e. The predicted octanol–water partition coefficient (Wildman–Crippen LogP) is 3.77. The third-order valence-corrected chi connectivity index (χ3v) is 6.22. The van der Waals surface area contributed by atoms with Gasteiger partial charge in [-0.15, -0.1) is 0 Å². The molecule has 9 nitrogen and oxygen atoms in total. The maximum absolute atomic E-state index is 14.9. The van der Waals surface area contributed by atoms with Gasteiger partial charge in [-0.25, -0.2) is 37.8 Å². The van der Waals surface area contributed by atoms with Gasteiger partial charge in [0, 0.05) is 29.7 Å². The summed E-state index contributed by atoms with van der Waals surface area (Å²) in [6.07, 6.45) is 3.13. The van der Waals surface area contributed by atoms with Crippen molar-refractivity contribution in [3.63, 3.8) is 0 Å². The fourth-order valence-corrected chi connectivity index (χ4v) is 4.42. The highest BCUT2D eigenvalue weighted by Crippen LogP contribution is 2.32. The number of aryl methyl sites for hydroxylation is 1. The number of pyridine rings is 1. The standard InChI is InChI=1S/C25H24F3N7O2/c1-14(17-4-3-5-18(21(17)26)23(27)28)31-24-19-12-35(34-6-8-37-9-7-34)25(36)20(16-10-29-13-30-11-16)22(19)32-15(2)33-24/h3-5,10-14,23H,6-9H2,1-2H3,(H,31,32,33)/t14-/m1/s1. The van der Waals surface area contributed by atoms with Gasteiger partial charge in [-0.1, -0.05) is 18.2 Å². The number of fused-ring (bicyclic) bond motifs is 1. The Morgan fingerprint density at radius 3 is 2.49 bits per heavy atom. The monoisotopic (exact) mass is 511 g/mol. The smallest absolute Gasteiger partial charge is 0.279 e. The number of morpholine rings is 1. The molecule has 1 aromatic carbocycles. The van der Waals surface area contributed by atoms with E-state index >= 15 is 0 Å². The summed E-state index contributed by atoms with van der Waals surface area (Å²) in [6, 6.07) is 3.19. The van der Waals surface area contributed by atoms with E-state index in [-0.39, 0.29) is 16.7 Å². The molecule has 0 aliphatic carbocycles. The number of benzene rings is 1. The second-order valence-electron chi connectivity index (χ2n) is 8.65. The number of rotatable bonds is 6. The maximum atomic E-state index is 14.9. The quantitative estimate of drug-likeness (QED) is 0.418. The van der Waals surface area contributed by atoms with Crippen LogP contribution in [-0.2, 0) is 4.74 Å². The van der Waals surface area contributed by atoms with Gasteiger partial charge in [0.2, 0.25) is 0 Å². The summed E-state index contributed by atoms with van der Waals surface area (Å²) in [5, 5.41) is 5.50. The zero-order valence-electron chi connectivity index (χ0n) is 20.2. The number of hydrogen-bond acceptors (Lipinski definition) is 8. The van der Waals surface area contributed by atoms with Crippen molar-refractivity contribution in [3.8, 4) is 11.1 Å². The van der Waals surface area contributed by atoms with Gasteiger partial charge >= 0.3 is 0 Å². The van der Waals surface area contributed by atoms with Gasteiger partial charge in [-0.2, -0.15) is 0 Å². The van der Waals surface area contributed by atoms with Gasteiger partial charge in [0.05, 0.1) is 54.4 Å². The average molecular weight is 512 g/mol. The van der Waals surface area contributed by atoms with Gasteiger partial charge in [0.25, 0.3) is 12.0 Å². The largest absolute Gasteiger partial charge is 0.378 e. The molecule has 0 amide bonds. The van der Waals surface area contributed by atoms with Gasteiger partial charge in [-0.3, -0.25) is 4.79 Å². The van der Waals surface area contributed by atoms with Crippen LogP contribution in [0.15, 0.2) is 47.9 Å². The minimum Gasteiger partial charge on any atom is -0.378 e. The van der Waals surface area contributed by atoms with Crippen LogP contribution < -0.4 is 15.9 Å². The average Bonchev–Trinajstić information content (AvgIpc) is 2.89. The van der Waals surface area contributed by atoms with E-state index in [4.69, 9.17) is 4.74 Å². The Morgan fingerprint density at radius 2 is 1.78 bits per heavy atom. The molecule has 0 spiro atoms. The molecule has 0 saturated carbocycles.